The molecule has 0 aromatic heterocycles. The van der Waals surface area contributed by atoms with Crippen molar-refractivity contribution in [2.45, 2.75) is 26.3 Å². The van der Waals surface area contributed by atoms with Gasteiger partial charge in [0, 0.05) is 17.3 Å². The highest BCUT2D eigenvalue weighted by atomic mass is 32.1. The lowest BCUT2D eigenvalue weighted by atomic mass is 10.1. The Bertz CT molecular complexity index is 401. The van der Waals surface area contributed by atoms with Gasteiger partial charge in [-0.1, -0.05) is 19.1 Å². The fraction of sp³-hybridized carbons (Fsp3) is 0.417. The van der Waals surface area contributed by atoms with Crippen LogP contribution in [0.15, 0.2) is 18.2 Å². The summed E-state index contributed by atoms with van der Waals surface area (Å²) in [6.07, 6.45) is 1.27. The molecule has 1 aliphatic carbocycles. The largest absolute Gasteiger partial charge is 0.389 e. The van der Waals surface area contributed by atoms with Gasteiger partial charge < -0.3 is 11.1 Å². The topological polar surface area (TPSA) is 38.0 Å². The molecule has 15 heavy (non-hydrogen) atoms. The van der Waals surface area contributed by atoms with E-state index in [0.717, 1.165) is 17.0 Å². The number of aryl methyl sites for hydroxylation is 1. The van der Waals surface area contributed by atoms with Gasteiger partial charge in [-0.15, -0.1) is 0 Å². The van der Waals surface area contributed by atoms with Crippen LogP contribution in [-0.4, -0.2) is 11.0 Å². The molecule has 0 bridgehead atoms. The van der Waals surface area contributed by atoms with Gasteiger partial charge in [0.05, 0.1) is 0 Å². The number of nitrogens with two attached hydrogens (primary N) is 1. The van der Waals surface area contributed by atoms with E-state index in [1.807, 2.05) is 19.1 Å². The average Bonchev–Trinajstić information content (AvgIpc) is 2.81. The first-order valence-electron chi connectivity index (χ1n) is 5.25. The lowest BCUT2D eigenvalue weighted by Crippen LogP contribution is -2.11. The Hall–Kier alpha value is -1.09. The number of anilines is 1. The number of thiocarbonyl (C=S) groups is 1. The van der Waals surface area contributed by atoms with Crippen molar-refractivity contribution in [1.29, 1.82) is 0 Å². The van der Waals surface area contributed by atoms with Crippen LogP contribution >= 0.6 is 12.2 Å². The van der Waals surface area contributed by atoms with E-state index < -0.39 is 0 Å². The van der Waals surface area contributed by atoms with Crippen LogP contribution in [0.3, 0.4) is 0 Å². The highest BCUT2D eigenvalue weighted by molar-refractivity contribution is 7.80. The van der Waals surface area contributed by atoms with Crippen LogP contribution in [-0.2, 0) is 0 Å². The molecule has 2 unspecified atom stereocenters. The molecule has 0 heterocycles. The van der Waals surface area contributed by atoms with Crippen molar-refractivity contribution < 1.29 is 0 Å². The SMILES string of the molecule is Cc1cc(NC2CC2C)ccc1C(N)=S. The molecule has 80 valence electrons. The summed E-state index contributed by atoms with van der Waals surface area (Å²) < 4.78 is 0. The van der Waals surface area contributed by atoms with Gasteiger partial charge >= 0.3 is 0 Å². The van der Waals surface area contributed by atoms with E-state index in [1.54, 1.807) is 0 Å². The predicted octanol–water partition coefficient (Wildman–Crippen LogP) is 2.45. The molecule has 1 aromatic rings. The van der Waals surface area contributed by atoms with Gasteiger partial charge in [-0.2, -0.15) is 0 Å². The van der Waals surface area contributed by atoms with Gasteiger partial charge in [-0.05, 0) is 43.0 Å². The lowest BCUT2D eigenvalue weighted by molar-refractivity contribution is 0.929. The fourth-order valence-corrected chi connectivity index (χ4v) is 2.00. The summed E-state index contributed by atoms with van der Waals surface area (Å²) in [6, 6.07) is 6.80. The molecule has 3 heteroatoms. The van der Waals surface area contributed by atoms with Crippen molar-refractivity contribution in [2.24, 2.45) is 11.7 Å². The van der Waals surface area contributed by atoms with Gasteiger partial charge in [-0.3, -0.25) is 0 Å². The number of hydrogen-bond donors (Lipinski definition) is 2. The molecule has 1 aliphatic rings. The third kappa shape index (κ3) is 2.29. The summed E-state index contributed by atoms with van der Waals surface area (Å²) >= 11 is 4.97. The summed E-state index contributed by atoms with van der Waals surface area (Å²) in [5.74, 6) is 0.806. The number of benzene rings is 1. The molecule has 3 N–H and O–H groups in total. The van der Waals surface area contributed by atoms with Crippen molar-refractivity contribution in [3.63, 3.8) is 0 Å². The van der Waals surface area contributed by atoms with Gasteiger partial charge in [0.25, 0.3) is 0 Å². The number of nitrogens with one attached hydrogen (secondary N) is 1. The fourth-order valence-electron chi connectivity index (χ4n) is 1.77. The smallest absolute Gasteiger partial charge is 0.104 e. The molecule has 0 aliphatic heterocycles. The van der Waals surface area contributed by atoms with Crippen molar-refractivity contribution in [3.8, 4) is 0 Å². The average molecular weight is 220 g/mol. The molecular weight excluding hydrogens is 204 g/mol. The first-order chi connectivity index (χ1) is 7.08. The highest BCUT2D eigenvalue weighted by Gasteiger charge is 2.32. The second-order valence-corrected chi connectivity index (χ2v) is 4.80. The monoisotopic (exact) mass is 220 g/mol. The maximum Gasteiger partial charge on any atom is 0.104 e. The summed E-state index contributed by atoms with van der Waals surface area (Å²) in [5.41, 5.74) is 8.89. The number of rotatable bonds is 3. The van der Waals surface area contributed by atoms with Gasteiger partial charge in [0.1, 0.15) is 4.99 Å². The van der Waals surface area contributed by atoms with Crippen LogP contribution in [0, 0.1) is 12.8 Å². The summed E-state index contributed by atoms with van der Waals surface area (Å²) in [5, 5.41) is 3.49. The Morgan fingerprint density at radius 3 is 2.67 bits per heavy atom. The Morgan fingerprint density at radius 1 is 1.53 bits per heavy atom. The van der Waals surface area contributed by atoms with E-state index in [0.29, 0.717) is 11.0 Å². The standard InChI is InChI=1S/C12H16N2S/c1-7-5-9(14-11-6-8(11)2)3-4-10(7)12(13)15/h3-5,8,11,14H,6H2,1-2H3,(H2,13,15). The second-order valence-electron chi connectivity index (χ2n) is 4.36. The van der Waals surface area contributed by atoms with Gasteiger partial charge in [0.2, 0.25) is 0 Å². The van der Waals surface area contributed by atoms with Crippen molar-refractivity contribution in [3.05, 3.63) is 29.3 Å². The third-order valence-electron chi connectivity index (χ3n) is 2.95. The quantitative estimate of drug-likeness (QED) is 0.768. The van der Waals surface area contributed by atoms with Crippen molar-refractivity contribution in [1.82, 2.24) is 0 Å². The molecule has 0 amide bonds. The Morgan fingerprint density at radius 2 is 2.20 bits per heavy atom. The minimum atomic E-state index is 0.471. The van der Waals surface area contributed by atoms with Crippen LogP contribution in [0.4, 0.5) is 5.69 Å². The number of hydrogen-bond acceptors (Lipinski definition) is 2. The molecule has 2 atom stereocenters. The van der Waals surface area contributed by atoms with E-state index in [2.05, 4.69) is 18.3 Å². The molecule has 0 saturated heterocycles. The van der Waals surface area contributed by atoms with Crippen molar-refractivity contribution in [2.75, 3.05) is 5.32 Å². The molecule has 2 nitrogen and oxygen atoms in total. The zero-order valence-electron chi connectivity index (χ0n) is 9.08. The third-order valence-corrected chi connectivity index (χ3v) is 3.17. The lowest BCUT2D eigenvalue weighted by Gasteiger charge is -2.09. The van der Waals surface area contributed by atoms with Crippen LogP contribution < -0.4 is 11.1 Å². The van der Waals surface area contributed by atoms with Gasteiger partial charge in [-0.25, -0.2) is 0 Å². The molecule has 2 rings (SSSR count). The highest BCUT2D eigenvalue weighted by Crippen LogP contribution is 2.32. The molecule has 0 spiro atoms. The van der Waals surface area contributed by atoms with Crippen LogP contribution in [0.2, 0.25) is 0 Å². The zero-order valence-corrected chi connectivity index (χ0v) is 9.90. The zero-order chi connectivity index (χ0) is 11.0. The normalized spacial score (nSPS) is 23.6. The molecule has 1 fully saturated rings. The van der Waals surface area contributed by atoms with E-state index >= 15 is 0 Å². The van der Waals surface area contributed by atoms with E-state index in [9.17, 15) is 0 Å². The van der Waals surface area contributed by atoms with Crippen LogP contribution in [0.5, 0.6) is 0 Å². The van der Waals surface area contributed by atoms with Crippen LogP contribution in [0.25, 0.3) is 0 Å². The molecule has 1 saturated carbocycles. The molecular formula is C12H16N2S. The van der Waals surface area contributed by atoms with E-state index in [1.165, 1.54) is 12.1 Å². The maximum atomic E-state index is 5.61. The Balaban J connectivity index is 2.14. The van der Waals surface area contributed by atoms with E-state index in [-0.39, 0.29) is 0 Å². The first kappa shape index (κ1) is 10.4. The van der Waals surface area contributed by atoms with Crippen molar-refractivity contribution >= 4 is 22.9 Å². The molecule has 0 radical (unpaired) electrons. The van der Waals surface area contributed by atoms with Gasteiger partial charge in [0.15, 0.2) is 0 Å². The summed E-state index contributed by atoms with van der Waals surface area (Å²) in [4.78, 5) is 0.471. The second kappa shape index (κ2) is 3.81. The summed E-state index contributed by atoms with van der Waals surface area (Å²) in [6.45, 7) is 4.30. The first-order valence-corrected chi connectivity index (χ1v) is 5.65. The minimum absolute atomic E-state index is 0.471. The minimum Gasteiger partial charge on any atom is -0.389 e. The molecule has 1 aromatic carbocycles. The van der Waals surface area contributed by atoms with Crippen LogP contribution in [0.1, 0.15) is 24.5 Å². The van der Waals surface area contributed by atoms with E-state index in [4.69, 9.17) is 18.0 Å². The predicted molar refractivity (Wildman–Crippen MR) is 68.3 cm³/mol. The Kier molecular flexibility index (Phi) is 2.65. The Labute approximate surface area is 95.9 Å². The summed E-state index contributed by atoms with van der Waals surface area (Å²) in [7, 11) is 0. The maximum absolute atomic E-state index is 5.61.